The van der Waals surface area contributed by atoms with E-state index in [4.69, 9.17) is 4.52 Å². The van der Waals surface area contributed by atoms with Crippen LogP contribution < -0.4 is 0 Å². The SMILES string of the molecule is Cc1noc(C)c1S(=O)(=O)N1CCN(Cc2cccc([N+](=O)[O-])c2)CC1. The number of non-ortho nitro benzene ring substituents is 1. The molecule has 2 aromatic rings. The molecule has 0 N–H and O–H groups in total. The molecule has 1 aromatic heterocycles. The molecule has 0 unspecified atom stereocenters. The molecule has 2 heterocycles. The van der Waals surface area contributed by atoms with Gasteiger partial charge in [0.25, 0.3) is 5.69 Å². The zero-order valence-electron chi connectivity index (χ0n) is 14.6. The molecule has 0 bridgehead atoms. The molecule has 3 rings (SSSR count). The minimum atomic E-state index is -3.63. The van der Waals surface area contributed by atoms with Crippen LogP contribution in [0.4, 0.5) is 5.69 Å². The molecule has 26 heavy (non-hydrogen) atoms. The Balaban J connectivity index is 1.66. The number of nitro benzene ring substituents is 1. The van der Waals surface area contributed by atoms with Crippen molar-refractivity contribution in [2.24, 2.45) is 0 Å². The van der Waals surface area contributed by atoms with E-state index in [1.165, 1.54) is 10.4 Å². The van der Waals surface area contributed by atoms with Gasteiger partial charge in [0.2, 0.25) is 10.0 Å². The molecular weight excluding hydrogens is 360 g/mol. The lowest BCUT2D eigenvalue weighted by Crippen LogP contribution is -2.48. The molecule has 0 radical (unpaired) electrons. The summed E-state index contributed by atoms with van der Waals surface area (Å²) < 4.78 is 32.0. The van der Waals surface area contributed by atoms with Crippen molar-refractivity contribution in [1.82, 2.24) is 14.4 Å². The summed E-state index contributed by atoms with van der Waals surface area (Å²) in [6, 6.07) is 6.50. The Labute approximate surface area is 151 Å². The van der Waals surface area contributed by atoms with Gasteiger partial charge in [0, 0.05) is 44.9 Å². The van der Waals surface area contributed by atoms with E-state index in [0.29, 0.717) is 44.2 Å². The van der Waals surface area contributed by atoms with Gasteiger partial charge in [-0.25, -0.2) is 8.42 Å². The summed E-state index contributed by atoms with van der Waals surface area (Å²) in [5, 5.41) is 14.6. The highest BCUT2D eigenvalue weighted by molar-refractivity contribution is 7.89. The van der Waals surface area contributed by atoms with E-state index >= 15 is 0 Å². The Kier molecular flexibility index (Phi) is 5.08. The molecule has 0 amide bonds. The topological polar surface area (TPSA) is 110 Å². The first-order valence-corrected chi connectivity index (χ1v) is 9.62. The predicted molar refractivity (Wildman–Crippen MR) is 93.1 cm³/mol. The summed E-state index contributed by atoms with van der Waals surface area (Å²) in [7, 11) is -3.63. The van der Waals surface area contributed by atoms with Gasteiger partial charge in [-0.15, -0.1) is 0 Å². The first-order chi connectivity index (χ1) is 12.3. The van der Waals surface area contributed by atoms with Crippen LogP contribution in [0.2, 0.25) is 0 Å². The van der Waals surface area contributed by atoms with E-state index in [1.807, 2.05) is 6.07 Å². The average molecular weight is 380 g/mol. The fraction of sp³-hybridized carbons (Fsp3) is 0.438. The average Bonchev–Trinajstić information content (AvgIpc) is 2.95. The first-order valence-electron chi connectivity index (χ1n) is 8.18. The van der Waals surface area contributed by atoms with Gasteiger partial charge in [-0.2, -0.15) is 4.31 Å². The van der Waals surface area contributed by atoms with E-state index in [-0.39, 0.29) is 10.6 Å². The maximum Gasteiger partial charge on any atom is 0.269 e. The molecule has 10 heteroatoms. The van der Waals surface area contributed by atoms with Crippen molar-refractivity contribution in [1.29, 1.82) is 0 Å². The highest BCUT2D eigenvalue weighted by atomic mass is 32.2. The predicted octanol–water partition coefficient (Wildman–Crippen LogP) is 1.71. The number of hydrogen-bond acceptors (Lipinski definition) is 7. The van der Waals surface area contributed by atoms with Crippen molar-refractivity contribution in [2.45, 2.75) is 25.3 Å². The van der Waals surface area contributed by atoms with E-state index in [1.54, 1.807) is 26.0 Å². The molecule has 1 saturated heterocycles. The maximum absolute atomic E-state index is 12.8. The summed E-state index contributed by atoms with van der Waals surface area (Å²) in [5.41, 5.74) is 1.25. The third-order valence-electron chi connectivity index (χ3n) is 4.42. The van der Waals surface area contributed by atoms with Crippen molar-refractivity contribution < 1.29 is 17.9 Å². The van der Waals surface area contributed by atoms with Gasteiger partial charge in [-0.05, 0) is 19.4 Å². The van der Waals surface area contributed by atoms with E-state index in [0.717, 1.165) is 5.56 Å². The van der Waals surface area contributed by atoms with Gasteiger partial charge >= 0.3 is 0 Å². The summed E-state index contributed by atoms with van der Waals surface area (Å²) in [5.74, 6) is 0.293. The first kappa shape index (κ1) is 18.5. The lowest BCUT2D eigenvalue weighted by Gasteiger charge is -2.33. The largest absolute Gasteiger partial charge is 0.360 e. The Hall–Kier alpha value is -2.30. The lowest BCUT2D eigenvalue weighted by molar-refractivity contribution is -0.384. The number of nitrogens with zero attached hydrogens (tertiary/aromatic N) is 4. The van der Waals surface area contributed by atoms with Crippen molar-refractivity contribution in [3.05, 3.63) is 51.4 Å². The Morgan fingerprint density at radius 2 is 1.92 bits per heavy atom. The van der Waals surface area contributed by atoms with Crippen LogP contribution in [0.3, 0.4) is 0 Å². The van der Waals surface area contributed by atoms with E-state index in [2.05, 4.69) is 10.1 Å². The minimum Gasteiger partial charge on any atom is -0.360 e. The fourth-order valence-corrected chi connectivity index (χ4v) is 4.84. The molecule has 1 aromatic carbocycles. The zero-order chi connectivity index (χ0) is 18.9. The number of hydrogen-bond donors (Lipinski definition) is 0. The van der Waals surface area contributed by atoms with Crippen molar-refractivity contribution in [3.8, 4) is 0 Å². The van der Waals surface area contributed by atoms with Crippen LogP contribution in [0, 0.1) is 24.0 Å². The van der Waals surface area contributed by atoms with E-state index < -0.39 is 14.9 Å². The Bertz CT molecular complexity index is 897. The molecule has 1 aliphatic heterocycles. The van der Waals surface area contributed by atoms with Gasteiger partial charge in [0.1, 0.15) is 10.6 Å². The van der Waals surface area contributed by atoms with Crippen molar-refractivity contribution >= 4 is 15.7 Å². The third kappa shape index (κ3) is 3.62. The zero-order valence-corrected chi connectivity index (χ0v) is 15.4. The van der Waals surface area contributed by atoms with Crippen molar-refractivity contribution in [3.63, 3.8) is 0 Å². The van der Waals surface area contributed by atoms with Crippen LogP contribution in [0.15, 0.2) is 33.7 Å². The molecule has 0 aliphatic carbocycles. The quantitative estimate of drug-likeness (QED) is 0.573. The molecule has 140 valence electrons. The number of aromatic nitrogens is 1. The van der Waals surface area contributed by atoms with Crippen LogP contribution >= 0.6 is 0 Å². The fourth-order valence-electron chi connectivity index (χ4n) is 3.13. The normalized spacial score (nSPS) is 16.7. The minimum absolute atomic E-state index is 0.0575. The standard InChI is InChI=1S/C16H20N4O5S/c1-12-16(13(2)25-17-12)26(23,24)19-8-6-18(7-9-19)11-14-4-3-5-15(10-14)20(21)22/h3-5,10H,6-9,11H2,1-2H3. The number of sulfonamides is 1. The molecule has 9 nitrogen and oxygen atoms in total. The number of piperazine rings is 1. The summed E-state index contributed by atoms with van der Waals surface area (Å²) in [4.78, 5) is 12.7. The van der Waals surface area contributed by atoms with E-state index in [9.17, 15) is 18.5 Å². The molecule has 0 spiro atoms. The molecule has 0 saturated carbocycles. The van der Waals surface area contributed by atoms with Crippen LogP contribution in [-0.2, 0) is 16.6 Å². The molecule has 1 aliphatic rings. The Morgan fingerprint density at radius 3 is 2.50 bits per heavy atom. The highest BCUT2D eigenvalue weighted by Crippen LogP contribution is 2.24. The maximum atomic E-state index is 12.8. The molecule has 0 atom stereocenters. The van der Waals surface area contributed by atoms with Gasteiger partial charge in [-0.1, -0.05) is 17.3 Å². The van der Waals surface area contributed by atoms with Gasteiger partial charge < -0.3 is 4.52 Å². The monoisotopic (exact) mass is 380 g/mol. The highest BCUT2D eigenvalue weighted by Gasteiger charge is 2.33. The third-order valence-corrected chi connectivity index (χ3v) is 6.57. The smallest absolute Gasteiger partial charge is 0.269 e. The second kappa shape index (κ2) is 7.14. The van der Waals surface area contributed by atoms with Crippen molar-refractivity contribution in [2.75, 3.05) is 26.2 Å². The van der Waals surface area contributed by atoms with Crippen LogP contribution in [0.5, 0.6) is 0 Å². The number of benzene rings is 1. The van der Waals surface area contributed by atoms with Gasteiger partial charge in [0.05, 0.1) is 4.92 Å². The number of nitro groups is 1. The van der Waals surface area contributed by atoms with Crippen LogP contribution in [-0.4, -0.2) is 53.9 Å². The number of rotatable bonds is 5. The van der Waals surface area contributed by atoms with Gasteiger partial charge in [-0.3, -0.25) is 15.0 Å². The molecular formula is C16H20N4O5S. The second-order valence-corrected chi connectivity index (χ2v) is 8.14. The summed E-state index contributed by atoms with van der Waals surface area (Å²) in [6.45, 7) is 5.54. The van der Waals surface area contributed by atoms with Crippen LogP contribution in [0.25, 0.3) is 0 Å². The lowest BCUT2D eigenvalue weighted by atomic mass is 10.2. The number of aryl methyl sites for hydroxylation is 2. The van der Waals surface area contributed by atoms with Gasteiger partial charge in [0.15, 0.2) is 5.76 Å². The second-order valence-electron chi connectivity index (χ2n) is 6.26. The van der Waals surface area contributed by atoms with Crippen LogP contribution in [0.1, 0.15) is 17.0 Å². The molecule has 1 fully saturated rings. The summed E-state index contributed by atoms with van der Waals surface area (Å²) in [6.07, 6.45) is 0. The Morgan fingerprint density at radius 1 is 1.23 bits per heavy atom. The summed E-state index contributed by atoms with van der Waals surface area (Å²) >= 11 is 0.